The van der Waals surface area contributed by atoms with Crippen LogP contribution in [0.1, 0.15) is 37.6 Å². The van der Waals surface area contributed by atoms with E-state index in [2.05, 4.69) is 36.0 Å². The minimum atomic E-state index is -0.0382. The number of hydrogen-bond donors (Lipinski definition) is 2. The molecule has 1 aromatic heterocycles. The Morgan fingerprint density at radius 1 is 1.50 bits per heavy atom. The summed E-state index contributed by atoms with van der Waals surface area (Å²) in [6, 6.07) is 1.89. The van der Waals surface area contributed by atoms with Crippen molar-refractivity contribution in [2.75, 3.05) is 20.2 Å². The highest BCUT2D eigenvalue weighted by Crippen LogP contribution is 2.16. The van der Waals surface area contributed by atoms with Gasteiger partial charge in [0.05, 0.1) is 17.7 Å². The number of carbonyl (C=O) groups excluding carboxylic acids is 1. The smallest absolute Gasteiger partial charge is 0.253 e. The Kier molecular flexibility index (Phi) is 4.50. The second-order valence-electron chi connectivity index (χ2n) is 6.33. The van der Waals surface area contributed by atoms with Crippen molar-refractivity contribution in [3.8, 4) is 0 Å². The molecule has 5 nitrogen and oxygen atoms in total. The van der Waals surface area contributed by atoms with E-state index in [9.17, 15) is 4.79 Å². The zero-order valence-electron chi connectivity index (χ0n) is 12.8. The van der Waals surface area contributed by atoms with Gasteiger partial charge in [-0.15, -0.1) is 0 Å². The molecule has 0 spiro atoms. The summed E-state index contributed by atoms with van der Waals surface area (Å²) >= 11 is 0. The van der Waals surface area contributed by atoms with E-state index in [-0.39, 0.29) is 23.6 Å². The first-order valence-electron chi connectivity index (χ1n) is 7.14. The van der Waals surface area contributed by atoms with Crippen molar-refractivity contribution in [2.45, 2.75) is 44.9 Å². The number of nitrogens with one attached hydrogen (secondary N) is 2. The van der Waals surface area contributed by atoms with E-state index in [1.165, 1.54) is 0 Å². The fourth-order valence-corrected chi connectivity index (χ4v) is 2.46. The summed E-state index contributed by atoms with van der Waals surface area (Å²) in [5, 5.41) is 6.35. The number of hydrogen-bond acceptors (Lipinski definition) is 3. The van der Waals surface area contributed by atoms with Crippen LogP contribution in [-0.2, 0) is 10.3 Å². The monoisotopic (exact) mass is 279 g/mol. The molecule has 2 rings (SSSR count). The Labute approximate surface area is 120 Å². The van der Waals surface area contributed by atoms with Crippen LogP contribution in [0.15, 0.2) is 18.5 Å². The minimum absolute atomic E-state index is 0.0139. The normalized spacial score (nSPS) is 23.6. The highest BCUT2D eigenvalue weighted by atomic mass is 16.5. The first kappa shape index (κ1) is 15.1. The van der Waals surface area contributed by atoms with Crippen molar-refractivity contribution in [1.82, 2.24) is 15.2 Å². The Bertz CT molecular complexity index is 462. The summed E-state index contributed by atoms with van der Waals surface area (Å²) in [4.78, 5) is 12.3. The van der Waals surface area contributed by atoms with Gasteiger partial charge in [0.15, 0.2) is 0 Å². The zero-order valence-corrected chi connectivity index (χ0v) is 12.8. The fraction of sp³-hybridized carbons (Fsp3) is 0.667. The molecule has 2 atom stereocenters. The number of ether oxygens (including phenoxy) is 1. The average molecular weight is 279 g/mol. The number of rotatable bonds is 3. The number of methoxy groups -OCH3 is 1. The summed E-state index contributed by atoms with van der Waals surface area (Å²) in [5.74, 6) is -0.0382. The lowest BCUT2D eigenvalue weighted by atomic mass is 10.0. The number of nitrogens with zero attached hydrogens (tertiary/aromatic N) is 1. The van der Waals surface area contributed by atoms with Crippen molar-refractivity contribution in [3.05, 3.63) is 24.0 Å². The van der Waals surface area contributed by atoms with Crippen LogP contribution in [0.25, 0.3) is 0 Å². The fourth-order valence-electron chi connectivity index (χ4n) is 2.46. The molecule has 1 aliphatic heterocycles. The summed E-state index contributed by atoms with van der Waals surface area (Å²) in [6.45, 7) is 8.03. The van der Waals surface area contributed by atoms with Crippen molar-refractivity contribution in [1.29, 1.82) is 0 Å². The molecule has 1 fully saturated rings. The predicted molar refractivity (Wildman–Crippen MR) is 79.0 cm³/mol. The van der Waals surface area contributed by atoms with Crippen molar-refractivity contribution in [3.63, 3.8) is 0 Å². The number of piperidine rings is 1. The van der Waals surface area contributed by atoms with Crippen LogP contribution in [-0.4, -0.2) is 42.8 Å². The zero-order chi connectivity index (χ0) is 14.8. The lowest BCUT2D eigenvalue weighted by Gasteiger charge is -2.31. The Balaban J connectivity index is 2.02. The van der Waals surface area contributed by atoms with Gasteiger partial charge in [0, 0.05) is 31.6 Å². The van der Waals surface area contributed by atoms with E-state index in [0.29, 0.717) is 5.56 Å². The molecule has 112 valence electrons. The molecule has 0 radical (unpaired) electrons. The first-order valence-corrected chi connectivity index (χ1v) is 7.14. The molecule has 1 saturated heterocycles. The van der Waals surface area contributed by atoms with Crippen LogP contribution in [0.2, 0.25) is 0 Å². The van der Waals surface area contributed by atoms with E-state index in [0.717, 1.165) is 19.5 Å². The van der Waals surface area contributed by atoms with Crippen molar-refractivity contribution in [2.24, 2.45) is 0 Å². The van der Waals surface area contributed by atoms with Gasteiger partial charge in [-0.25, -0.2) is 0 Å². The highest BCUT2D eigenvalue weighted by Gasteiger charge is 2.26. The quantitative estimate of drug-likeness (QED) is 0.878. The molecule has 0 unspecified atom stereocenters. The van der Waals surface area contributed by atoms with E-state index in [1.54, 1.807) is 7.11 Å². The van der Waals surface area contributed by atoms with Gasteiger partial charge in [-0.1, -0.05) is 0 Å². The number of amides is 1. The second-order valence-corrected chi connectivity index (χ2v) is 6.33. The summed E-state index contributed by atoms with van der Waals surface area (Å²) in [5.41, 5.74) is 0.681. The molecule has 0 aromatic carbocycles. The molecule has 2 heterocycles. The molecular formula is C15H25N3O2. The molecule has 1 aromatic rings. The van der Waals surface area contributed by atoms with Gasteiger partial charge in [0.25, 0.3) is 5.91 Å². The molecule has 0 aliphatic carbocycles. The molecule has 1 amide bonds. The van der Waals surface area contributed by atoms with Crippen LogP contribution in [0.5, 0.6) is 0 Å². The number of aromatic nitrogens is 1. The minimum Gasteiger partial charge on any atom is -0.379 e. The van der Waals surface area contributed by atoms with Crippen LogP contribution in [0, 0.1) is 0 Å². The SMILES string of the molecule is CO[C@@H]1CCNC[C@@H]1NC(=O)c1ccn(C(C)(C)C)c1. The molecular weight excluding hydrogens is 254 g/mol. The second kappa shape index (κ2) is 5.97. The van der Waals surface area contributed by atoms with Gasteiger partial charge in [-0.2, -0.15) is 0 Å². The van der Waals surface area contributed by atoms with E-state index >= 15 is 0 Å². The summed E-state index contributed by atoms with van der Waals surface area (Å²) in [6.07, 6.45) is 4.85. The van der Waals surface area contributed by atoms with Gasteiger partial charge in [0.1, 0.15) is 0 Å². The summed E-state index contributed by atoms with van der Waals surface area (Å²) in [7, 11) is 1.70. The van der Waals surface area contributed by atoms with Crippen LogP contribution in [0.3, 0.4) is 0 Å². The molecule has 2 N–H and O–H groups in total. The highest BCUT2D eigenvalue weighted by molar-refractivity contribution is 5.94. The van der Waals surface area contributed by atoms with Gasteiger partial charge < -0.3 is 19.9 Å². The number of carbonyl (C=O) groups is 1. The third kappa shape index (κ3) is 3.41. The molecule has 5 heteroatoms. The van der Waals surface area contributed by atoms with Gasteiger partial charge >= 0.3 is 0 Å². The maximum atomic E-state index is 12.3. The maximum absolute atomic E-state index is 12.3. The molecule has 1 aliphatic rings. The Hall–Kier alpha value is -1.33. The van der Waals surface area contributed by atoms with Crippen LogP contribution < -0.4 is 10.6 Å². The van der Waals surface area contributed by atoms with Gasteiger partial charge in [-0.05, 0) is 39.8 Å². The molecule has 0 bridgehead atoms. The van der Waals surface area contributed by atoms with E-state index in [4.69, 9.17) is 4.74 Å². The van der Waals surface area contributed by atoms with E-state index in [1.807, 2.05) is 18.5 Å². The molecule has 0 saturated carbocycles. The molecule has 20 heavy (non-hydrogen) atoms. The van der Waals surface area contributed by atoms with E-state index < -0.39 is 0 Å². The first-order chi connectivity index (χ1) is 9.41. The van der Waals surface area contributed by atoms with Gasteiger partial charge in [-0.3, -0.25) is 4.79 Å². The summed E-state index contributed by atoms with van der Waals surface area (Å²) < 4.78 is 7.49. The lowest BCUT2D eigenvalue weighted by Crippen LogP contribution is -2.54. The Morgan fingerprint density at radius 3 is 2.85 bits per heavy atom. The van der Waals surface area contributed by atoms with Crippen LogP contribution in [0.4, 0.5) is 0 Å². The van der Waals surface area contributed by atoms with Crippen molar-refractivity contribution >= 4 is 5.91 Å². The average Bonchev–Trinajstić information content (AvgIpc) is 2.89. The Morgan fingerprint density at radius 2 is 2.25 bits per heavy atom. The standard InChI is InChI=1S/C15H25N3O2/c1-15(2,3)18-8-6-11(10-18)14(19)17-12-9-16-7-5-13(12)20-4/h6,8,10,12-13,16H,5,7,9H2,1-4H3,(H,17,19)/t12-,13+/m0/s1. The largest absolute Gasteiger partial charge is 0.379 e. The van der Waals surface area contributed by atoms with Crippen LogP contribution >= 0.6 is 0 Å². The maximum Gasteiger partial charge on any atom is 0.253 e. The predicted octanol–water partition coefficient (Wildman–Crippen LogP) is 1.35. The third-order valence-electron chi connectivity index (χ3n) is 3.77. The van der Waals surface area contributed by atoms with Gasteiger partial charge in [0.2, 0.25) is 0 Å². The third-order valence-corrected chi connectivity index (χ3v) is 3.77. The topological polar surface area (TPSA) is 55.3 Å². The van der Waals surface area contributed by atoms with Crippen molar-refractivity contribution < 1.29 is 9.53 Å². The lowest BCUT2D eigenvalue weighted by molar-refractivity contribution is 0.0448.